The lowest BCUT2D eigenvalue weighted by atomic mass is 9.84. The highest BCUT2D eigenvalue weighted by molar-refractivity contribution is 5.80. The minimum atomic E-state index is -0.412. The Morgan fingerprint density at radius 1 is 1.36 bits per heavy atom. The molecule has 0 aliphatic rings. The summed E-state index contributed by atoms with van der Waals surface area (Å²) < 4.78 is 0. The standard InChI is InChI=1S/C11H24N2O/c1-8(2)6-11(4,5)7-13-10(14)9(3)12/h8-9H,6-7,12H2,1-5H3,(H,13,14). The average molecular weight is 200 g/mol. The van der Waals surface area contributed by atoms with Crippen LogP contribution in [0.1, 0.15) is 41.0 Å². The van der Waals surface area contributed by atoms with Crippen LogP contribution in [-0.2, 0) is 4.79 Å². The Morgan fingerprint density at radius 2 is 1.86 bits per heavy atom. The molecule has 0 spiro atoms. The number of carbonyl (C=O) groups excluding carboxylic acids is 1. The first-order chi connectivity index (χ1) is 6.24. The summed E-state index contributed by atoms with van der Waals surface area (Å²) in [5, 5.41) is 2.86. The third kappa shape index (κ3) is 5.97. The number of amides is 1. The first kappa shape index (κ1) is 13.4. The van der Waals surface area contributed by atoms with Crippen molar-refractivity contribution in [2.75, 3.05) is 6.54 Å². The molecule has 3 nitrogen and oxygen atoms in total. The van der Waals surface area contributed by atoms with Gasteiger partial charge in [0.1, 0.15) is 0 Å². The summed E-state index contributed by atoms with van der Waals surface area (Å²) in [5.74, 6) is 0.582. The fraction of sp³-hybridized carbons (Fsp3) is 0.909. The average Bonchev–Trinajstić information content (AvgIpc) is 1.97. The molecule has 0 saturated heterocycles. The second kappa shape index (κ2) is 5.35. The van der Waals surface area contributed by atoms with Gasteiger partial charge in [0.05, 0.1) is 6.04 Å². The van der Waals surface area contributed by atoms with E-state index in [1.807, 2.05) is 0 Å². The maximum absolute atomic E-state index is 11.2. The maximum atomic E-state index is 11.2. The quantitative estimate of drug-likeness (QED) is 0.707. The van der Waals surface area contributed by atoms with Crippen LogP contribution in [0.5, 0.6) is 0 Å². The summed E-state index contributed by atoms with van der Waals surface area (Å²) in [6, 6.07) is -0.412. The molecule has 1 amide bonds. The van der Waals surface area contributed by atoms with E-state index < -0.39 is 6.04 Å². The van der Waals surface area contributed by atoms with E-state index >= 15 is 0 Å². The molecule has 1 unspecified atom stereocenters. The van der Waals surface area contributed by atoms with E-state index in [1.54, 1.807) is 6.92 Å². The van der Waals surface area contributed by atoms with Crippen molar-refractivity contribution in [3.05, 3.63) is 0 Å². The van der Waals surface area contributed by atoms with Crippen molar-refractivity contribution in [1.82, 2.24) is 5.32 Å². The van der Waals surface area contributed by atoms with Crippen LogP contribution in [0.3, 0.4) is 0 Å². The molecule has 3 heteroatoms. The monoisotopic (exact) mass is 200 g/mol. The number of hydrogen-bond acceptors (Lipinski definition) is 2. The highest BCUT2D eigenvalue weighted by atomic mass is 16.2. The highest BCUT2D eigenvalue weighted by Gasteiger charge is 2.20. The third-order valence-corrected chi connectivity index (χ3v) is 2.12. The summed E-state index contributed by atoms with van der Waals surface area (Å²) in [7, 11) is 0. The zero-order valence-electron chi connectivity index (χ0n) is 10.1. The molecule has 14 heavy (non-hydrogen) atoms. The van der Waals surface area contributed by atoms with Gasteiger partial charge in [0.15, 0.2) is 0 Å². The van der Waals surface area contributed by atoms with Gasteiger partial charge in [-0.3, -0.25) is 4.79 Å². The second-order valence-electron chi connectivity index (χ2n) is 5.27. The lowest BCUT2D eigenvalue weighted by Crippen LogP contribution is -2.42. The normalized spacial score (nSPS) is 14.2. The summed E-state index contributed by atoms with van der Waals surface area (Å²) in [5.41, 5.74) is 5.61. The van der Waals surface area contributed by atoms with Crippen LogP contribution in [-0.4, -0.2) is 18.5 Å². The molecule has 0 saturated carbocycles. The molecular formula is C11H24N2O. The minimum Gasteiger partial charge on any atom is -0.354 e. The molecule has 0 aromatic heterocycles. The van der Waals surface area contributed by atoms with E-state index in [1.165, 1.54) is 0 Å². The van der Waals surface area contributed by atoms with Gasteiger partial charge in [0.25, 0.3) is 0 Å². The molecule has 1 atom stereocenters. The Hall–Kier alpha value is -0.570. The predicted molar refractivity (Wildman–Crippen MR) is 59.9 cm³/mol. The zero-order valence-corrected chi connectivity index (χ0v) is 10.1. The molecule has 0 bridgehead atoms. The van der Waals surface area contributed by atoms with Crippen LogP contribution in [0.15, 0.2) is 0 Å². The molecule has 0 radical (unpaired) electrons. The van der Waals surface area contributed by atoms with Gasteiger partial charge in [-0.25, -0.2) is 0 Å². The largest absolute Gasteiger partial charge is 0.354 e. The number of rotatable bonds is 5. The first-order valence-electron chi connectivity index (χ1n) is 5.28. The summed E-state index contributed by atoms with van der Waals surface area (Å²) >= 11 is 0. The number of nitrogens with one attached hydrogen (secondary N) is 1. The van der Waals surface area contributed by atoms with Gasteiger partial charge in [0.2, 0.25) is 5.91 Å². The summed E-state index contributed by atoms with van der Waals surface area (Å²) in [4.78, 5) is 11.2. The van der Waals surface area contributed by atoms with Gasteiger partial charge in [-0.15, -0.1) is 0 Å². The molecule has 0 aliphatic carbocycles. The topological polar surface area (TPSA) is 55.1 Å². The van der Waals surface area contributed by atoms with E-state index in [9.17, 15) is 4.79 Å². The number of hydrogen-bond donors (Lipinski definition) is 2. The van der Waals surface area contributed by atoms with E-state index in [2.05, 4.69) is 33.0 Å². The molecule has 0 fully saturated rings. The SMILES string of the molecule is CC(C)CC(C)(C)CNC(=O)C(C)N. The van der Waals surface area contributed by atoms with E-state index in [-0.39, 0.29) is 11.3 Å². The molecular weight excluding hydrogens is 176 g/mol. The van der Waals surface area contributed by atoms with Crippen LogP contribution >= 0.6 is 0 Å². The lowest BCUT2D eigenvalue weighted by molar-refractivity contribution is -0.122. The Balaban J connectivity index is 3.92. The van der Waals surface area contributed by atoms with E-state index in [4.69, 9.17) is 5.73 Å². The van der Waals surface area contributed by atoms with E-state index in [0.717, 1.165) is 6.42 Å². The summed E-state index contributed by atoms with van der Waals surface area (Å²) in [6.07, 6.45) is 1.10. The number of carbonyl (C=O) groups is 1. The second-order valence-corrected chi connectivity index (χ2v) is 5.27. The van der Waals surface area contributed by atoms with Gasteiger partial charge < -0.3 is 11.1 Å². The zero-order chi connectivity index (χ0) is 11.4. The van der Waals surface area contributed by atoms with Gasteiger partial charge in [-0.05, 0) is 24.7 Å². The number of nitrogens with two attached hydrogens (primary N) is 1. The first-order valence-corrected chi connectivity index (χ1v) is 5.28. The van der Waals surface area contributed by atoms with Crippen LogP contribution in [0.4, 0.5) is 0 Å². The van der Waals surface area contributed by atoms with Crippen molar-refractivity contribution < 1.29 is 4.79 Å². The van der Waals surface area contributed by atoms with Crippen LogP contribution in [0.2, 0.25) is 0 Å². The van der Waals surface area contributed by atoms with Crippen molar-refractivity contribution >= 4 is 5.91 Å². The molecule has 84 valence electrons. The van der Waals surface area contributed by atoms with E-state index in [0.29, 0.717) is 12.5 Å². The van der Waals surface area contributed by atoms with Crippen molar-refractivity contribution in [3.63, 3.8) is 0 Å². The molecule has 0 aromatic rings. The van der Waals surface area contributed by atoms with Crippen molar-refractivity contribution in [3.8, 4) is 0 Å². The van der Waals surface area contributed by atoms with Crippen molar-refractivity contribution in [2.24, 2.45) is 17.1 Å². The fourth-order valence-electron chi connectivity index (χ4n) is 1.66. The molecule has 0 rings (SSSR count). The Bertz CT molecular complexity index is 186. The Kier molecular flexibility index (Phi) is 5.13. The Morgan fingerprint density at radius 3 is 2.21 bits per heavy atom. The van der Waals surface area contributed by atoms with Crippen molar-refractivity contribution in [1.29, 1.82) is 0 Å². The van der Waals surface area contributed by atoms with Gasteiger partial charge in [-0.1, -0.05) is 27.7 Å². The molecule has 0 aromatic carbocycles. The fourth-order valence-corrected chi connectivity index (χ4v) is 1.66. The lowest BCUT2D eigenvalue weighted by Gasteiger charge is -2.27. The molecule has 0 aliphatic heterocycles. The van der Waals surface area contributed by atoms with Gasteiger partial charge in [0, 0.05) is 6.54 Å². The third-order valence-electron chi connectivity index (χ3n) is 2.12. The molecule has 0 heterocycles. The van der Waals surface area contributed by atoms with Gasteiger partial charge in [-0.2, -0.15) is 0 Å². The van der Waals surface area contributed by atoms with Crippen LogP contribution in [0.25, 0.3) is 0 Å². The van der Waals surface area contributed by atoms with Crippen LogP contribution in [0, 0.1) is 11.3 Å². The summed E-state index contributed by atoms with van der Waals surface area (Å²) in [6.45, 7) is 11.1. The van der Waals surface area contributed by atoms with Gasteiger partial charge >= 0.3 is 0 Å². The molecule has 3 N–H and O–H groups in total. The maximum Gasteiger partial charge on any atom is 0.236 e. The minimum absolute atomic E-state index is 0.0677. The van der Waals surface area contributed by atoms with Crippen LogP contribution < -0.4 is 11.1 Å². The smallest absolute Gasteiger partial charge is 0.236 e. The van der Waals surface area contributed by atoms with Crippen molar-refractivity contribution in [2.45, 2.75) is 47.1 Å². The highest BCUT2D eigenvalue weighted by Crippen LogP contribution is 2.23. The Labute approximate surface area is 87.4 Å². The predicted octanol–water partition coefficient (Wildman–Crippen LogP) is 1.52.